The molecular weight excluding hydrogens is 270 g/mol. The number of hydrogen-bond donors (Lipinski definition) is 2. The number of rotatable bonds is 1. The predicted molar refractivity (Wildman–Crippen MR) is 89.4 cm³/mol. The average molecular weight is 307 g/mol. The minimum atomic E-state index is -0.00552. The van der Waals surface area contributed by atoms with Gasteiger partial charge in [0, 0.05) is 11.8 Å². The fourth-order valence-corrected chi connectivity index (χ4v) is 7.82. The maximum absolute atomic E-state index is 10.1. The van der Waals surface area contributed by atoms with Crippen molar-refractivity contribution in [1.82, 2.24) is 0 Å². The van der Waals surface area contributed by atoms with Crippen LogP contribution in [0.15, 0.2) is 0 Å². The zero-order valence-corrected chi connectivity index (χ0v) is 14.9. The maximum atomic E-state index is 10.1. The average Bonchev–Trinajstić information content (AvgIpc) is 2.84. The van der Waals surface area contributed by atoms with Crippen LogP contribution in [0.4, 0.5) is 0 Å². The molecule has 0 aromatic carbocycles. The van der Waals surface area contributed by atoms with Crippen molar-refractivity contribution >= 4 is 0 Å². The van der Waals surface area contributed by atoms with E-state index in [0.717, 1.165) is 42.6 Å². The SMILES string of the molecule is C[NH2+][C@H]1CC[C@@H]2[C@H]3CC[C@@H]4C[C@@H](O)CC[C@@]4(C)[C@H]3CC[C@]12C. The third-order valence-corrected chi connectivity index (χ3v) is 9.11. The highest BCUT2D eigenvalue weighted by molar-refractivity contribution is 5.09. The Morgan fingerprint density at radius 3 is 2.36 bits per heavy atom. The number of nitrogens with two attached hydrogens (primary N) is 1. The summed E-state index contributed by atoms with van der Waals surface area (Å²) in [5.41, 5.74) is 1.14. The van der Waals surface area contributed by atoms with Crippen molar-refractivity contribution in [3.05, 3.63) is 0 Å². The third kappa shape index (κ3) is 1.99. The molecule has 0 bridgehead atoms. The number of aliphatic hydroxyl groups excluding tert-OH is 1. The summed E-state index contributed by atoms with van der Waals surface area (Å²) in [7, 11) is 2.30. The van der Waals surface area contributed by atoms with Crippen molar-refractivity contribution in [2.24, 2.45) is 34.5 Å². The van der Waals surface area contributed by atoms with Crippen molar-refractivity contribution in [3.8, 4) is 0 Å². The molecule has 0 heterocycles. The molecule has 0 spiro atoms. The van der Waals surface area contributed by atoms with Crippen LogP contribution in [0.3, 0.4) is 0 Å². The quantitative estimate of drug-likeness (QED) is 0.768. The van der Waals surface area contributed by atoms with Gasteiger partial charge >= 0.3 is 0 Å². The normalized spacial score (nSPS) is 57.8. The van der Waals surface area contributed by atoms with Crippen molar-refractivity contribution in [2.45, 2.75) is 83.8 Å². The second-order valence-electron chi connectivity index (χ2n) is 9.65. The second-order valence-corrected chi connectivity index (χ2v) is 9.65. The maximum Gasteiger partial charge on any atom is 0.0914 e. The van der Waals surface area contributed by atoms with Gasteiger partial charge in [-0.3, -0.25) is 0 Å². The first kappa shape index (κ1) is 15.4. The number of fused-ring (bicyclic) bond motifs is 5. The van der Waals surface area contributed by atoms with Gasteiger partial charge in [0.25, 0.3) is 0 Å². The van der Waals surface area contributed by atoms with Gasteiger partial charge in [0.05, 0.1) is 19.2 Å². The van der Waals surface area contributed by atoms with E-state index in [1.165, 1.54) is 44.9 Å². The first-order valence-corrected chi connectivity index (χ1v) is 9.96. The summed E-state index contributed by atoms with van der Waals surface area (Å²) in [6.45, 7) is 5.21. The first-order valence-electron chi connectivity index (χ1n) is 9.96. The van der Waals surface area contributed by atoms with Gasteiger partial charge in [-0.1, -0.05) is 13.8 Å². The van der Waals surface area contributed by atoms with E-state index in [1.54, 1.807) is 0 Å². The van der Waals surface area contributed by atoms with Crippen molar-refractivity contribution in [1.29, 1.82) is 0 Å². The van der Waals surface area contributed by atoms with Gasteiger partial charge in [0.15, 0.2) is 0 Å². The second kappa shape index (κ2) is 5.21. The highest BCUT2D eigenvalue weighted by Gasteiger charge is 2.60. The molecule has 0 saturated heterocycles. The summed E-state index contributed by atoms with van der Waals surface area (Å²) in [4.78, 5) is 0. The van der Waals surface area contributed by atoms with Crippen LogP contribution in [-0.2, 0) is 0 Å². The van der Waals surface area contributed by atoms with E-state index in [4.69, 9.17) is 0 Å². The molecule has 0 radical (unpaired) electrons. The van der Waals surface area contributed by atoms with Gasteiger partial charge in [-0.2, -0.15) is 0 Å². The Morgan fingerprint density at radius 2 is 1.59 bits per heavy atom. The highest BCUT2D eigenvalue weighted by atomic mass is 16.3. The summed E-state index contributed by atoms with van der Waals surface area (Å²) in [5, 5.41) is 12.6. The monoisotopic (exact) mass is 306 g/mol. The minimum absolute atomic E-state index is 0.00552. The molecule has 4 rings (SSSR count). The number of aliphatic hydroxyl groups is 1. The van der Waals surface area contributed by atoms with E-state index in [0.29, 0.717) is 10.8 Å². The molecule has 4 fully saturated rings. The molecule has 0 aliphatic heterocycles. The lowest BCUT2D eigenvalue weighted by Crippen LogP contribution is -2.89. The van der Waals surface area contributed by atoms with Crippen molar-refractivity contribution in [2.75, 3.05) is 7.05 Å². The van der Waals surface area contributed by atoms with Crippen LogP contribution < -0.4 is 5.32 Å². The summed E-state index contributed by atoms with van der Waals surface area (Å²) in [6, 6.07) is 0.872. The lowest BCUT2D eigenvalue weighted by molar-refractivity contribution is -0.676. The van der Waals surface area contributed by atoms with Gasteiger partial charge in [-0.05, 0) is 80.5 Å². The van der Waals surface area contributed by atoms with E-state index < -0.39 is 0 Å². The summed E-state index contributed by atoms with van der Waals surface area (Å²) >= 11 is 0. The Labute approximate surface area is 136 Å². The minimum Gasteiger partial charge on any atom is -0.393 e. The molecule has 0 amide bonds. The Balaban J connectivity index is 1.61. The van der Waals surface area contributed by atoms with E-state index in [9.17, 15) is 5.11 Å². The zero-order chi connectivity index (χ0) is 15.5. The van der Waals surface area contributed by atoms with E-state index >= 15 is 0 Å². The van der Waals surface area contributed by atoms with E-state index in [-0.39, 0.29) is 6.10 Å². The first-order chi connectivity index (χ1) is 10.5. The molecule has 126 valence electrons. The van der Waals surface area contributed by atoms with Crippen LogP contribution in [0.2, 0.25) is 0 Å². The summed E-state index contributed by atoms with van der Waals surface area (Å²) < 4.78 is 0. The van der Waals surface area contributed by atoms with Crippen LogP contribution in [-0.4, -0.2) is 24.3 Å². The standard InChI is InChI=1S/C20H35NO/c1-19-10-8-14(22)12-13(19)4-5-15-16-6-7-18(21-3)20(16,2)11-9-17(15)19/h13-18,21-22H,4-12H2,1-3H3/p+1/t13-,14+,15-,16-,17+,18+,19-,20+/m1/s1. The molecule has 8 atom stereocenters. The molecule has 2 nitrogen and oxygen atoms in total. The van der Waals surface area contributed by atoms with E-state index in [1.807, 2.05) is 0 Å². The van der Waals surface area contributed by atoms with E-state index in [2.05, 4.69) is 26.2 Å². The van der Waals surface area contributed by atoms with Crippen molar-refractivity contribution < 1.29 is 10.4 Å². The Hall–Kier alpha value is -0.0800. The molecule has 22 heavy (non-hydrogen) atoms. The van der Waals surface area contributed by atoms with Gasteiger partial charge in [-0.15, -0.1) is 0 Å². The summed E-state index contributed by atoms with van der Waals surface area (Å²) in [6.07, 6.45) is 12.1. The molecule has 4 aliphatic rings. The molecule has 0 aromatic heterocycles. The predicted octanol–water partition coefficient (Wildman–Crippen LogP) is 2.95. The van der Waals surface area contributed by atoms with Crippen molar-refractivity contribution in [3.63, 3.8) is 0 Å². The number of quaternary nitrogens is 1. The fourth-order valence-electron chi connectivity index (χ4n) is 7.82. The largest absolute Gasteiger partial charge is 0.393 e. The zero-order valence-electron chi connectivity index (χ0n) is 14.9. The molecule has 0 unspecified atom stereocenters. The summed E-state index contributed by atoms with van der Waals surface area (Å²) in [5.74, 6) is 3.72. The Bertz CT molecular complexity index is 437. The Morgan fingerprint density at radius 1 is 0.864 bits per heavy atom. The lowest BCUT2D eigenvalue weighted by Gasteiger charge is -2.60. The number of hydrogen-bond acceptors (Lipinski definition) is 1. The fraction of sp³-hybridized carbons (Fsp3) is 1.00. The highest BCUT2D eigenvalue weighted by Crippen LogP contribution is 2.65. The molecular formula is C20H36NO+. The smallest absolute Gasteiger partial charge is 0.0914 e. The third-order valence-electron chi connectivity index (χ3n) is 9.11. The topological polar surface area (TPSA) is 36.8 Å². The molecule has 4 saturated carbocycles. The Kier molecular flexibility index (Phi) is 3.66. The van der Waals surface area contributed by atoms with Gasteiger partial charge in [0.1, 0.15) is 0 Å². The lowest BCUT2D eigenvalue weighted by atomic mass is 9.45. The van der Waals surface area contributed by atoms with Gasteiger partial charge in [-0.25, -0.2) is 0 Å². The van der Waals surface area contributed by atoms with Crippen LogP contribution in [0.5, 0.6) is 0 Å². The van der Waals surface area contributed by atoms with Gasteiger partial charge in [0.2, 0.25) is 0 Å². The van der Waals surface area contributed by atoms with Crippen LogP contribution in [0, 0.1) is 34.5 Å². The van der Waals surface area contributed by atoms with Crippen LogP contribution >= 0.6 is 0 Å². The molecule has 3 N–H and O–H groups in total. The molecule has 2 heteroatoms. The van der Waals surface area contributed by atoms with Crippen LogP contribution in [0.25, 0.3) is 0 Å². The molecule has 0 aromatic rings. The van der Waals surface area contributed by atoms with Crippen LogP contribution in [0.1, 0.15) is 71.6 Å². The molecule has 4 aliphatic carbocycles. The van der Waals surface area contributed by atoms with Gasteiger partial charge < -0.3 is 10.4 Å².